The van der Waals surface area contributed by atoms with Crippen LogP contribution in [0, 0.1) is 5.92 Å². The second-order valence-corrected chi connectivity index (χ2v) is 6.07. The molecule has 0 fully saturated rings. The van der Waals surface area contributed by atoms with E-state index in [0.717, 1.165) is 19.0 Å². The summed E-state index contributed by atoms with van der Waals surface area (Å²) in [4.78, 5) is 0. The lowest BCUT2D eigenvalue weighted by Crippen LogP contribution is -2.30. The monoisotopic (exact) mass is 274 g/mol. The molecule has 1 aliphatic rings. The molecule has 0 aliphatic carbocycles. The Hall–Kier alpha value is -1.02. The van der Waals surface area contributed by atoms with Gasteiger partial charge in [0, 0.05) is 24.7 Å². The number of unbranched alkanes of at least 4 members (excludes halogenated alkanes) is 1. The third-order valence-electron chi connectivity index (χ3n) is 4.58. The molecule has 2 unspecified atom stereocenters. The van der Waals surface area contributed by atoms with Crippen LogP contribution in [0.15, 0.2) is 24.3 Å². The van der Waals surface area contributed by atoms with Crippen LogP contribution in [-0.2, 0) is 0 Å². The third kappa shape index (κ3) is 4.24. The number of fused-ring (bicyclic) bond motifs is 1. The Kier molecular flexibility index (Phi) is 6.38. The van der Waals surface area contributed by atoms with Crippen LogP contribution in [0.5, 0.6) is 0 Å². The zero-order chi connectivity index (χ0) is 14.2. The van der Waals surface area contributed by atoms with Gasteiger partial charge in [0.05, 0.1) is 0 Å². The number of para-hydroxylation sites is 1. The largest absolute Gasteiger partial charge is 0.385 e. The lowest BCUT2D eigenvalue weighted by molar-refractivity contribution is 0.408. The van der Waals surface area contributed by atoms with Crippen molar-refractivity contribution in [2.45, 2.75) is 51.9 Å². The molecule has 1 aromatic carbocycles. The second kappa shape index (κ2) is 8.31. The van der Waals surface area contributed by atoms with E-state index < -0.39 is 0 Å². The molecular weight excluding hydrogens is 244 g/mol. The first-order valence-electron chi connectivity index (χ1n) is 8.38. The van der Waals surface area contributed by atoms with Crippen LogP contribution in [0.25, 0.3) is 0 Å². The molecule has 2 rings (SSSR count). The van der Waals surface area contributed by atoms with Crippen molar-refractivity contribution in [3.8, 4) is 0 Å². The molecule has 2 atom stereocenters. The van der Waals surface area contributed by atoms with Gasteiger partial charge in [-0.2, -0.15) is 0 Å². The zero-order valence-electron chi connectivity index (χ0n) is 13.1. The fourth-order valence-corrected chi connectivity index (χ4v) is 3.17. The molecule has 2 heteroatoms. The minimum absolute atomic E-state index is 0.677. The van der Waals surface area contributed by atoms with Crippen molar-refractivity contribution < 1.29 is 0 Å². The molecule has 0 amide bonds. The highest BCUT2D eigenvalue weighted by molar-refractivity contribution is 5.54. The van der Waals surface area contributed by atoms with Crippen LogP contribution >= 0.6 is 0 Å². The van der Waals surface area contributed by atoms with Crippen molar-refractivity contribution >= 4 is 5.69 Å². The van der Waals surface area contributed by atoms with Crippen LogP contribution < -0.4 is 10.6 Å². The SMILES string of the molecule is CCCCC(CC)CNCC1CCNc2ccccc21. The smallest absolute Gasteiger partial charge is 0.0376 e. The number of hydrogen-bond acceptors (Lipinski definition) is 2. The molecule has 2 N–H and O–H groups in total. The van der Waals surface area contributed by atoms with Crippen molar-refractivity contribution in [2.24, 2.45) is 5.92 Å². The highest BCUT2D eigenvalue weighted by atomic mass is 14.9. The van der Waals surface area contributed by atoms with Crippen molar-refractivity contribution in [3.05, 3.63) is 29.8 Å². The molecule has 0 spiro atoms. The summed E-state index contributed by atoms with van der Waals surface area (Å²) in [7, 11) is 0. The first-order chi connectivity index (χ1) is 9.85. The van der Waals surface area contributed by atoms with Gasteiger partial charge in [-0.05, 0) is 36.9 Å². The van der Waals surface area contributed by atoms with Crippen LogP contribution in [0.1, 0.15) is 57.4 Å². The van der Waals surface area contributed by atoms with E-state index in [9.17, 15) is 0 Å². The van der Waals surface area contributed by atoms with Crippen molar-refractivity contribution in [1.82, 2.24) is 5.32 Å². The summed E-state index contributed by atoms with van der Waals surface area (Å²) in [5.74, 6) is 1.53. The summed E-state index contributed by atoms with van der Waals surface area (Å²) in [5, 5.41) is 7.23. The van der Waals surface area contributed by atoms with E-state index in [1.165, 1.54) is 49.9 Å². The fraction of sp³-hybridized carbons (Fsp3) is 0.667. The van der Waals surface area contributed by atoms with Crippen LogP contribution in [0.2, 0.25) is 0 Å². The van der Waals surface area contributed by atoms with Gasteiger partial charge in [0.2, 0.25) is 0 Å². The maximum absolute atomic E-state index is 3.73. The van der Waals surface area contributed by atoms with Crippen LogP contribution in [0.3, 0.4) is 0 Å². The van der Waals surface area contributed by atoms with E-state index in [0.29, 0.717) is 5.92 Å². The van der Waals surface area contributed by atoms with Gasteiger partial charge in [-0.3, -0.25) is 0 Å². The lowest BCUT2D eigenvalue weighted by atomic mass is 9.90. The van der Waals surface area contributed by atoms with E-state index in [-0.39, 0.29) is 0 Å². The predicted octanol–water partition coefficient (Wildman–Crippen LogP) is 4.39. The molecule has 1 aromatic rings. The standard InChI is InChI=1S/C18H30N2/c1-3-5-8-15(4-2)13-19-14-16-11-12-20-18-10-7-6-9-17(16)18/h6-7,9-10,15-16,19-20H,3-5,8,11-14H2,1-2H3. The predicted molar refractivity (Wildman–Crippen MR) is 88.5 cm³/mol. The highest BCUT2D eigenvalue weighted by Crippen LogP contribution is 2.30. The summed E-state index contributed by atoms with van der Waals surface area (Å²) in [6.45, 7) is 8.02. The third-order valence-corrected chi connectivity index (χ3v) is 4.58. The topological polar surface area (TPSA) is 24.1 Å². The summed E-state index contributed by atoms with van der Waals surface area (Å²) >= 11 is 0. The van der Waals surface area contributed by atoms with Gasteiger partial charge >= 0.3 is 0 Å². The Labute approximate surface area is 124 Å². The average Bonchev–Trinajstić information content (AvgIpc) is 2.51. The first kappa shape index (κ1) is 15.4. The van der Waals surface area contributed by atoms with E-state index in [2.05, 4.69) is 48.7 Å². The molecule has 1 aliphatic heterocycles. The molecule has 0 saturated heterocycles. The maximum Gasteiger partial charge on any atom is 0.0376 e. The summed E-state index contributed by atoms with van der Waals surface area (Å²) in [6, 6.07) is 8.77. The zero-order valence-corrected chi connectivity index (χ0v) is 13.1. The van der Waals surface area contributed by atoms with Gasteiger partial charge in [-0.15, -0.1) is 0 Å². The molecule has 0 bridgehead atoms. The van der Waals surface area contributed by atoms with E-state index in [1.54, 1.807) is 0 Å². The summed E-state index contributed by atoms with van der Waals surface area (Å²) in [6.07, 6.45) is 6.61. The summed E-state index contributed by atoms with van der Waals surface area (Å²) < 4.78 is 0. The Morgan fingerprint density at radius 3 is 2.95 bits per heavy atom. The molecule has 112 valence electrons. The minimum atomic E-state index is 0.677. The molecular formula is C18H30N2. The van der Waals surface area contributed by atoms with Gasteiger partial charge < -0.3 is 10.6 Å². The Bertz CT molecular complexity index is 389. The van der Waals surface area contributed by atoms with Crippen molar-refractivity contribution in [1.29, 1.82) is 0 Å². The molecule has 1 heterocycles. The molecule has 2 nitrogen and oxygen atoms in total. The first-order valence-corrected chi connectivity index (χ1v) is 8.38. The molecule has 0 aromatic heterocycles. The Morgan fingerprint density at radius 1 is 1.30 bits per heavy atom. The fourth-order valence-electron chi connectivity index (χ4n) is 3.17. The number of nitrogens with one attached hydrogen (secondary N) is 2. The lowest BCUT2D eigenvalue weighted by Gasteiger charge is -2.27. The normalized spacial score (nSPS) is 19.2. The summed E-state index contributed by atoms with van der Waals surface area (Å²) in [5.41, 5.74) is 2.83. The second-order valence-electron chi connectivity index (χ2n) is 6.07. The quantitative estimate of drug-likeness (QED) is 0.734. The van der Waals surface area contributed by atoms with Gasteiger partial charge in [0.25, 0.3) is 0 Å². The number of rotatable bonds is 8. The molecule has 0 saturated carbocycles. The van der Waals surface area contributed by atoms with E-state index in [1.807, 2.05) is 0 Å². The van der Waals surface area contributed by atoms with E-state index in [4.69, 9.17) is 0 Å². The Morgan fingerprint density at radius 2 is 2.15 bits per heavy atom. The van der Waals surface area contributed by atoms with E-state index >= 15 is 0 Å². The van der Waals surface area contributed by atoms with Gasteiger partial charge in [0.15, 0.2) is 0 Å². The maximum atomic E-state index is 3.73. The average molecular weight is 274 g/mol. The molecule has 20 heavy (non-hydrogen) atoms. The highest BCUT2D eigenvalue weighted by Gasteiger charge is 2.19. The van der Waals surface area contributed by atoms with Gasteiger partial charge in [-0.25, -0.2) is 0 Å². The minimum Gasteiger partial charge on any atom is -0.385 e. The Balaban J connectivity index is 1.80. The van der Waals surface area contributed by atoms with Crippen molar-refractivity contribution in [3.63, 3.8) is 0 Å². The number of hydrogen-bond donors (Lipinski definition) is 2. The van der Waals surface area contributed by atoms with Crippen LogP contribution in [-0.4, -0.2) is 19.6 Å². The number of anilines is 1. The van der Waals surface area contributed by atoms with Crippen molar-refractivity contribution in [2.75, 3.05) is 25.0 Å². The van der Waals surface area contributed by atoms with Crippen LogP contribution in [0.4, 0.5) is 5.69 Å². The van der Waals surface area contributed by atoms with Gasteiger partial charge in [-0.1, -0.05) is 51.3 Å². The number of benzene rings is 1. The molecule has 0 radical (unpaired) electrons. The van der Waals surface area contributed by atoms with Gasteiger partial charge in [0.1, 0.15) is 0 Å².